The van der Waals surface area contributed by atoms with Crippen LogP contribution in [0, 0.1) is 0 Å². The molecule has 126 valence electrons. The smallest absolute Gasteiger partial charge is 0.261 e. The third kappa shape index (κ3) is 3.95. The Labute approximate surface area is 151 Å². The molecule has 1 heterocycles. The molecule has 5 nitrogen and oxygen atoms in total. The third-order valence-corrected chi connectivity index (χ3v) is 3.98. The second-order valence-corrected chi connectivity index (χ2v) is 5.69. The largest absolute Gasteiger partial charge is 0.323 e. The van der Waals surface area contributed by atoms with Gasteiger partial charge >= 0.3 is 0 Å². The lowest BCUT2D eigenvalue weighted by Crippen LogP contribution is -2.30. The van der Waals surface area contributed by atoms with Gasteiger partial charge in [-0.05, 0) is 31.2 Å². The van der Waals surface area contributed by atoms with Crippen LogP contribution >= 0.6 is 11.6 Å². The maximum absolute atomic E-state index is 12.7. The van der Waals surface area contributed by atoms with Crippen molar-refractivity contribution < 1.29 is 4.79 Å². The van der Waals surface area contributed by atoms with Crippen LogP contribution in [0.15, 0.2) is 67.0 Å². The number of halogens is 1. The average molecular weight is 353 g/mol. The van der Waals surface area contributed by atoms with Gasteiger partial charge in [0, 0.05) is 24.6 Å². The highest BCUT2D eigenvalue weighted by atomic mass is 35.5. The molecule has 6 heteroatoms. The van der Waals surface area contributed by atoms with Gasteiger partial charge in [-0.1, -0.05) is 41.9 Å². The van der Waals surface area contributed by atoms with Crippen molar-refractivity contribution in [3.8, 4) is 0 Å². The summed E-state index contributed by atoms with van der Waals surface area (Å²) < 4.78 is 0. The van der Waals surface area contributed by atoms with E-state index in [1.165, 1.54) is 12.4 Å². The SMILES string of the molecule is CCN(C(=O)c1cnc(Nc2ccccc2Cl)nc1)c1ccccc1. The van der Waals surface area contributed by atoms with Gasteiger partial charge in [0.25, 0.3) is 5.91 Å². The van der Waals surface area contributed by atoms with Crippen LogP contribution in [0.2, 0.25) is 5.02 Å². The topological polar surface area (TPSA) is 58.1 Å². The minimum atomic E-state index is -0.141. The molecule has 0 saturated heterocycles. The predicted molar refractivity (Wildman–Crippen MR) is 101 cm³/mol. The first-order valence-electron chi connectivity index (χ1n) is 7.89. The number of hydrogen-bond acceptors (Lipinski definition) is 4. The number of amides is 1. The fourth-order valence-electron chi connectivity index (χ4n) is 2.39. The van der Waals surface area contributed by atoms with E-state index in [9.17, 15) is 4.79 Å². The van der Waals surface area contributed by atoms with Crippen LogP contribution in [0.5, 0.6) is 0 Å². The summed E-state index contributed by atoms with van der Waals surface area (Å²) in [6.07, 6.45) is 3.03. The van der Waals surface area contributed by atoms with Crippen LogP contribution in [0.25, 0.3) is 0 Å². The van der Waals surface area contributed by atoms with Crippen molar-refractivity contribution in [1.29, 1.82) is 0 Å². The Hall–Kier alpha value is -2.92. The van der Waals surface area contributed by atoms with E-state index in [0.717, 1.165) is 5.69 Å². The Morgan fingerprint density at radius 3 is 2.32 bits per heavy atom. The van der Waals surface area contributed by atoms with Crippen LogP contribution in [0.1, 0.15) is 17.3 Å². The molecular formula is C19H17ClN4O. The van der Waals surface area contributed by atoms with Gasteiger partial charge in [-0.25, -0.2) is 9.97 Å². The minimum Gasteiger partial charge on any atom is -0.323 e. The number of carbonyl (C=O) groups excluding carboxylic acids is 1. The first-order valence-corrected chi connectivity index (χ1v) is 8.27. The molecule has 2 aromatic carbocycles. The summed E-state index contributed by atoms with van der Waals surface area (Å²) in [6.45, 7) is 2.49. The van der Waals surface area contributed by atoms with Gasteiger partial charge in [-0.15, -0.1) is 0 Å². The van der Waals surface area contributed by atoms with Crippen LogP contribution in [-0.4, -0.2) is 22.4 Å². The summed E-state index contributed by atoms with van der Waals surface area (Å²) >= 11 is 6.11. The first-order chi connectivity index (χ1) is 12.2. The van der Waals surface area contributed by atoms with E-state index in [0.29, 0.717) is 28.8 Å². The minimum absolute atomic E-state index is 0.141. The standard InChI is InChI=1S/C19H17ClN4O/c1-2-24(15-8-4-3-5-9-15)18(25)14-12-21-19(22-13-14)23-17-11-7-6-10-16(17)20/h3-13H,2H2,1H3,(H,21,22,23). The van der Waals surface area contributed by atoms with Crippen molar-refractivity contribution in [3.05, 3.63) is 77.6 Å². The second-order valence-electron chi connectivity index (χ2n) is 5.29. The molecule has 0 saturated carbocycles. The van der Waals surface area contributed by atoms with Crippen molar-refractivity contribution in [3.63, 3.8) is 0 Å². The number of anilines is 3. The number of hydrogen-bond donors (Lipinski definition) is 1. The summed E-state index contributed by atoms with van der Waals surface area (Å²) in [5.41, 5.74) is 1.98. The summed E-state index contributed by atoms with van der Waals surface area (Å²) in [4.78, 5) is 22.8. The molecule has 1 N–H and O–H groups in total. The Balaban J connectivity index is 1.77. The molecule has 25 heavy (non-hydrogen) atoms. The number of rotatable bonds is 5. The van der Waals surface area contributed by atoms with E-state index in [1.807, 2.05) is 55.5 Å². The highest BCUT2D eigenvalue weighted by Gasteiger charge is 2.16. The Kier molecular flexibility index (Phi) is 5.26. The molecule has 1 aromatic heterocycles. The van der Waals surface area contributed by atoms with E-state index in [4.69, 9.17) is 11.6 Å². The lowest BCUT2D eigenvalue weighted by Gasteiger charge is -2.20. The van der Waals surface area contributed by atoms with Crippen molar-refractivity contribution >= 4 is 34.8 Å². The molecule has 3 rings (SSSR count). The summed E-state index contributed by atoms with van der Waals surface area (Å²) in [7, 11) is 0. The lowest BCUT2D eigenvalue weighted by molar-refractivity contribution is 0.0987. The van der Waals surface area contributed by atoms with Crippen LogP contribution in [0.3, 0.4) is 0 Å². The Bertz CT molecular complexity index is 853. The monoisotopic (exact) mass is 352 g/mol. The van der Waals surface area contributed by atoms with Crippen molar-refractivity contribution in [1.82, 2.24) is 9.97 Å². The van der Waals surface area contributed by atoms with Crippen molar-refractivity contribution in [2.75, 3.05) is 16.8 Å². The molecule has 0 aliphatic heterocycles. The fraction of sp³-hybridized carbons (Fsp3) is 0.105. The van der Waals surface area contributed by atoms with E-state index < -0.39 is 0 Å². The Morgan fingerprint density at radius 1 is 1.04 bits per heavy atom. The van der Waals surface area contributed by atoms with Gasteiger partial charge < -0.3 is 10.2 Å². The predicted octanol–water partition coefficient (Wildman–Crippen LogP) is 4.54. The van der Waals surface area contributed by atoms with Crippen LogP contribution in [0.4, 0.5) is 17.3 Å². The van der Waals surface area contributed by atoms with E-state index >= 15 is 0 Å². The molecule has 1 amide bonds. The average Bonchev–Trinajstić information content (AvgIpc) is 2.66. The summed E-state index contributed by atoms with van der Waals surface area (Å²) in [5, 5.41) is 3.61. The zero-order valence-corrected chi connectivity index (χ0v) is 14.4. The molecule has 0 aliphatic rings. The van der Waals surface area contributed by atoms with E-state index in [2.05, 4.69) is 15.3 Å². The molecule has 0 aliphatic carbocycles. The maximum atomic E-state index is 12.7. The van der Waals surface area contributed by atoms with Gasteiger partial charge in [0.1, 0.15) is 0 Å². The van der Waals surface area contributed by atoms with Crippen molar-refractivity contribution in [2.24, 2.45) is 0 Å². The molecular weight excluding hydrogens is 336 g/mol. The Morgan fingerprint density at radius 2 is 1.68 bits per heavy atom. The number of benzene rings is 2. The highest BCUT2D eigenvalue weighted by molar-refractivity contribution is 6.33. The van der Waals surface area contributed by atoms with Gasteiger partial charge in [-0.3, -0.25) is 4.79 Å². The maximum Gasteiger partial charge on any atom is 0.261 e. The number of nitrogens with zero attached hydrogens (tertiary/aromatic N) is 3. The second kappa shape index (κ2) is 7.77. The molecule has 0 spiro atoms. The lowest BCUT2D eigenvalue weighted by atomic mass is 10.2. The molecule has 0 unspecified atom stereocenters. The van der Waals surface area contributed by atoms with Gasteiger partial charge in [-0.2, -0.15) is 0 Å². The van der Waals surface area contributed by atoms with E-state index in [-0.39, 0.29) is 5.91 Å². The van der Waals surface area contributed by atoms with E-state index in [1.54, 1.807) is 11.0 Å². The number of carbonyl (C=O) groups is 1. The van der Waals surface area contributed by atoms with Gasteiger partial charge in [0.2, 0.25) is 5.95 Å². The quantitative estimate of drug-likeness (QED) is 0.732. The van der Waals surface area contributed by atoms with Gasteiger partial charge in [0.05, 0.1) is 16.3 Å². The zero-order chi connectivity index (χ0) is 17.6. The highest BCUT2D eigenvalue weighted by Crippen LogP contribution is 2.23. The molecule has 0 radical (unpaired) electrons. The van der Waals surface area contributed by atoms with Gasteiger partial charge in [0.15, 0.2) is 0 Å². The molecule has 0 bridgehead atoms. The van der Waals surface area contributed by atoms with Crippen LogP contribution < -0.4 is 10.2 Å². The first kappa shape index (κ1) is 16.9. The van der Waals surface area contributed by atoms with Crippen molar-refractivity contribution in [2.45, 2.75) is 6.92 Å². The summed E-state index contributed by atoms with van der Waals surface area (Å²) in [5.74, 6) is 0.241. The fourth-order valence-corrected chi connectivity index (χ4v) is 2.58. The van der Waals surface area contributed by atoms with Crippen LogP contribution in [-0.2, 0) is 0 Å². The summed E-state index contributed by atoms with van der Waals surface area (Å²) in [6, 6.07) is 16.8. The molecule has 0 atom stereocenters. The molecule has 0 fully saturated rings. The normalized spacial score (nSPS) is 10.3. The number of para-hydroxylation sites is 2. The number of aromatic nitrogens is 2. The third-order valence-electron chi connectivity index (χ3n) is 3.65. The zero-order valence-electron chi connectivity index (χ0n) is 13.7. The molecule has 3 aromatic rings. The number of nitrogens with one attached hydrogen (secondary N) is 1.